The van der Waals surface area contributed by atoms with Gasteiger partial charge in [-0.05, 0) is 38.8 Å². The van der Waals surface area contributed by atoms with E-state index in [0.717, 1.165) is 22.2 Å². The van der Waals surface area contributed by atoms with E-state index < -0.39 is 0 Å². The largest absolute Gasteiger partial charge is 0.291 e. The fourth-order valence-electron chi connectivity index (χ4n) is 2.02. The van der Waals surface area contributed by atoms with E-state index in [0.29, 0.717) is 0 Å². The highest BCUT2D eigenvalue weighted by atomic mass is 32.2. The molecule has 2 rings (SSSR count). The summed E-state index contributed by atoms with van der Waals surface area (Å²) >= 11 is 1.61. The molecular weight excluding hydrogens is 268 g/mol. The Morgan fingerprint density at radius 2 is 1.90 bits per heavy atom. The number of aromatic nitrogens is 2. The van der Waals surface area contributed by atoms with Gasteiger partial charge in [0.05, 0.1) is 0 Å². The molecule has 1 heterocycles. The number of nitrogens with zero attached hydrogens (tertiary/aromatic N) is 2. The highest BCUT2D eigenvalue weighted by Gasteiger charge is 2.09. The predicted molar refractivity (Wildman–Crippen MR) is 84.4 cm³/mol. The highest BCUT2D eigenvalue weighted by molar-refractivity contribution is 7.98. The third-order valence-corrected chi connectivity index (χ3v) is 4.66. The Hall–Kier alpha value is -1.55. The number of aryl methyl sites for hydroxylation is 3. The summed E-state index contributed by atoms with van der Waals surface area (Å²) in [6, 6.07) is 6.45. The van der Waals surface area contributed by atoms with Crippen molar-refractivity contribution in [3.63, 3.8) is 0 Å². The predicted octanol–water partition coefficient (Wildman–Crippen LogP) is 3.31. The van der Waals surface area contributed by atoms with Gasteiger partial charge in [-0.2, -0.15) is 0 Å². The number of thioether (sulfide) groups is 1. The van der Waals surface area contributed by atoms with Gasteiger partial charge in [-0.1, -0.05) is 35.5 Å². The van der Waals surface area contributed by atoms with Gasteiger partial charge < -0.3 is 0 Å². The van der Waals surface area contributed by atoms with Crippen molar-refractivity contribution < 1.29 is 0 Å². The average molecular weight is 288 g/mol. The molecule has 0 amide bonds. The fourth-order valence-corrected chi connectivity index (χ4v) is 3.10. The van der Waals surface area contributed by atoms with Gasteiger partial charge in [0.1, 0.15) is 0 Å². The molecule has 0 spiro atoms. The number of rotatable bonds is 3. The molecule has 0 aliphatic rings. The van der Waals surface area contributed by atoms with Crippen LogP contribution in [0.25, 0.3) is 0 Å². The fraction of sp³-hybridized carbons (Fsp3) is 0.375. The molecule has 0 aliphatic carbocycles. The van der Waals surface area contributed by atoms with Crippen molar-refractivity contribution in [2.75, 3.05) is 0 Å². The summed E-state index contributed by atoms with van der Waals surface area (Å²) in [5.41, 5.74) is 5.41. The minimum absolute atomic E-state index is 0.0426. The van der Waals surface area contributed by atoms with Crippen LogP contribution in [0.3, 0.4) is 0 Å². The van der Waals surface area contributed by atoms with Gasteiger partial charge in [0.2, 0.25) is 0 Å². The molecule has 0 aliphatic heterocycles. The Bertz CT molecular complexity index is 704. The molecule has 106 valence electrons. The van der Waals surface area contributed by atoms with Crippen LogP contribution in [0.2, 0.25) is 0 Å². The monoisotopic (exact) mass is 288 g/mol. The van der Waals surface area contributed by atoms with Crippen molar-refractivity contribution in [3.8, 4) is 0 Å². The molecule has 0 radical (unpaired) electrons. The zero-order chi connectivity index (χ0) is 14.9. The smallest absolute Gasteiger partial charge is 0.257 e. The van der Waals surface area contributed by atoms with Crippen LogP contribution in [-0.4, -0.2) is 9.55 Å². The SMILES string of the molecule is Cc1ccc(C)c(CSc2nc(C)c(C)c(=O)n2C)c1. The van der Waals surface area contributed by atoms with Crippen LogP contribution in [0.4, 0.5) is 0 Å². The second-order valence-electron chi connectivity index (χ2n) is 5.19. The Morgan fingerprint density at radius 3 is 2.60 bits per heavy atom. The van der Waals surface area contributed by atoms with Gasteiger partial charge in [-0.15, -0.1) is 0 Å². The van der Waals surface area contributed by atoms with E-state index in [-0.39, 0.29) is 5.56 Å². The molecule has 0 saturated heterocycles. The van der Waals surface area contributed by atoms with E-state index in [1.54, 1.807) is 23.4 Å². The van der Waals surface area contributed by atoms with Crippen molar-refractivity contribution in [2.45, 2.75) is 38.6 Å². The molecule has 0 fully saturated rings. The zero-order valence-electron chi connectivity index (χ0n) is 12.7. The van der Waals surface area contributed by atoms with Gasteiger partial charge >= 0.3 is 0 Å². The van der Waals surface area contributed by atoms with Crippen LogP contribution in [0, 0.1) is 27.7 Å². The summed E-state index contributed by atoms with van der Waals surface area (Å²) in [5, 5.41) is 0.777. The number of hydrogen-bond donors (Lipinski definition) is 0. The molecule has 20 heavy (non-hydrogen) atoms. The molecule has 0 atom stereocenters. The number of hydrogen-bond acceptors (Lipinski definition) is 3. The Kier molecular flexibility index (Phi) is 4.33. The van der Waals surface area contributed by atoms with Crippen molar-refractivity contribution >= 4 is 11.8 Å². The highest BCUT2D eigenvalue weighted by Crippen LogP contribution is 2.23. The maximum Gasteiger partial charge on any atom is 0.257 e. The second-order valence-corrected chi connectivity index (χ2v) is 6.13. The molecule has 3 nitrogen and oxygen atoms in total. The zero-order valence-corrected chi connectivity index (χ0v) is 13.5. The van der Waals surface area contributed by atoms with Crippen molar-refractivity contribution in [1.29, 1.82) is 0 Å². The third kappa shape index (κ3) is 2.96. The molecule has 4 heteroatoms. The van der Waals surface area contributed by atoms with E-state index in [1.165, 1.54) is 16.7 Å². The molecule has 0 saturated carbocycles. The van der Waals surface area contributed by atoms with Crippen LogP contribution in [0.5, 0.6) is 0 Å². The summed E-state index contributed by atoms with van der Waals surface area (Å²) in [4.78, 5) is 16.6. The van der Waals surface area contributed by atoms with Gasteiger partial charge in [0.25, 0.3) is 5.56 Å². The van der Waals surface area contributed by atoms with Crippen LogP contribution >= 0.6 is 11.8 Å². The average Bonchev–Trinajstić information content (AvgIpc) is 2.42. The summed E-state index contributed by atoms with van der Waals surface area (Å²) < 4.78 is 1.64. The molecule has 1 aromatic carbocycles. The quantitative estimate of drug-likeness (QED) is 0.642. The minimum Gasteiger partial charge on any atom is -0.291 e. The minimum atomic E-state index is 0.0426. The van der Waals surface area contributed by atoms with Gasteiger partial charge in [0.15, 0.2) is 5.16 Å². The summed E-state index contributed by atoms with van der Waals surface area (Å²) in [6.07, 6.45) is 0. The summed E-state index contributed by atoms with van der Waals surface area (Å²) in [7, 11) is 1.78. The Labute approximate surface area is 124 Å². The standard InChI is InChI=1S/C16H20N2OS/c1-10-6-7-11(2)14(8-10)9-20-16-17-13(4)12(3)15(19)18(16)5/h6-8H,9H2,1-5H3. The van der Waals surface area contributed by atoms with Crippen LogP contribution in [-0.2, 0) is 12.8 Å². The first-order chi connectivity index (χ1) is 9.40. The lowest BCUT2D eigenvalue weighted by atomic mass is 10.1. The Morgan fingerprint density at radius 1 is 1.20 bits per heavy atom. The first-order valence-electron chi connectivity index (χ1n) is 6.63. The second kappa shape index (κ2) is 5.83. The van der Waals surface area contributed by atoms with Crippen LogP contribution in [0.1, 0.15) is 27.9 Å². The van der Waals surface area contributed by atoms with E-state index >= 15 is 0 Å². The summed E-state index contributed by atoms with van der Waals surface area (Å²) in [5.74, 6) is 0.830. The lowest BCUT2D eigenvalue weighted by molar-refractivity contribution is 0.689. The number of benzene rings is 1. The summed E-state index contributed by atoms with van der Waals surface area (Å²) in [6.45, 7) is 7.92. The van der Waals surface area contributed by atoms with Crippen molar-refractivity contribution in [2.24, 2.45) is 7.05 Å². The van der Waals surface area contributed by atoms with Crippen LogP contribution in [0.15, 0.2) is 28.2 Å². The molecule has 1 aromatic heterocycles. The van der Waals surface area contributed by atoms with Gasteiger partial charge in [-0.25, -0.2) is 4.98 Å². The lowest BCUT2D eigenvalue weighted by Gasteiger charge is -2.11. The normalized spacial score (nSPS) is 10.8. The van der Waals surface area contributed by atoms with Gasteiger partial charge in [0, 0.05) is 24.1 Å². The van der Waals surface area contributed by atoms with E-state index in [9.17, 15) is 4.79 Å². The van der Waals surface area contributed by atoms with Crippen molar-refractivity contribution in [3.05, 3.63) is 56.5 Å². The van der Waals surface area contributed by atoms with E-state index in [4.69, 9.17) is 0 Å². The first-order valence-corrected chi connectivity index (χ1v) is 7.62. The lowest BCUT2D eigenvalue weighted by Crippen LogP contribution is -2.23. The maximum atomic E-state index is 12.1. The van der Waals surface area contributed by atoms with E-state index in [2.05, 4.69) is 37.0 Å². The Balaban J connectivity index is 2.28. The molecule has 0 bridgehead atoms. The topological polar surface area (TPSA) is 34.9 Å². The molecule has 2 aromatic rings. The molecule has 0 N–H and O–H groups in total. The van der Waals surface area contributed by atoms with Crippen molar-refractivity contribution in [1.82, 2.24) is 9.55 Å². The first kappa shape index (κ1) is 14.9. The molecule has 0 unspecified atom stereocenters. The van der Waals surface area contributed by atoms with Gasteiger partial charge in [-0.3, -0.25) is 9.36 Å². The maximum absolute atomic E-state index is 12.1. The van der Waals surface area contributed by atoms with E-state index in [1.807, 2.05) is 13.8 Å². The third-order valence-electron chi connectivity index (χ3n) is 3.58. The van der Waals surface area contributed by atoms with Crippen LogP contribution < -0.4 is 5.56 Å². The molecular formula is C16H20N2OS.